The van der Waals surface area contributed by atoms with Crippen molar-refractivity contribution < 1.29 is 9.47 Å². The normalized spacial score (nSPS) is 17.2. The Bertz CT molecular complexity index is 496. The van der Waals surface area contributed by atoms with Crippen molar-refractivity contribution in [1.82, 2.24) is 0 Å². The molecule has 0 aromatic heterocycles. The highest BCUT2D eigenvalue weighted by Crippen LogP contribution is 2.27. The van der Waals surface area contributed by atoms with Gasteiger partial charge in [-0.25, -0.2) is 0 Å². The van der Waals surface area contributed by atoms with Crippen LogP contribution in [0, 0.1) is 0 Å². The van der Waals surface area contributed by atoms with Crippen molar-refractivity contribution in [2.75, 3.05) is 13.2 Å². The van der Waals surface area contributed by atoms with Crippen LogP contribution in [0.1, 0.15) is 12.8 Å². The van der Waals surface area contributed by atoms with E-state index >= 15 is 0 Å². The maximum absolute atomic E-state index is 6.09. The zero-order valence-electron chi connectivity index (χ0n) is 9.76. The van der Waals surface area contributed by atoms with Gasteiger partial charge in [0.15, 0.2) is 0 Å². The van der Waals surface area contributed by atoms with E-state index in [1.54, 1.807) is 0 Å². The van der Waals surface area contributed by atoms with Gasteiger partial charge in [0.05, 0.1) is 13.2 Å². The molecule has 0 N–H and O–H groups in total. The minimum absolute atomic E-state index is 0.301. The molecule has 0 bridgehead atoms. The van der Waals surface area contributed by atoms with Crippen LogP contribution in [0.25, 0.3) is 10.8 Å². The maximum atomic E-state index is 6.09. The smallest absolute Gasteiger partial charge is 0.127 e. The predicted octanol–water partition coefficient (Wildman–Crippen LogP) is 3.40. The minimum atomic E-state index is 0.301. The van der Waals surface area contributed by atoms with E-state index < -0.39 is 0 Å². The molecule has 17 heavy (non-hydrogen) atoms. The number of fused-ring (bicyclic) bond motifs is 1. The zero-order valence-corrected chi connectivity index (χ0v) is 9.76. The first kappa shape index (κ1) is 10.6. The summed E-state index contributed by atoms with van der Waals surface area (Å²) in [5, 5.41) is 2.43. The summed E-state index contributed by atoms with van der Waals surface area (Å²) < 4.78 is 11.4. The molecule has 2 aromatic rings. The number of hydrogen-bond acceptors (Lipinski definition) is 2. The first-order chi connectivity index (χ1) is 8.43. The van der Waals surface area contributed by atoms with Crippen LogP contribution in [-0.2, 0) is 4.74 Å². The Morgan fingerprint density at radius 2 is 1.71 bits per heavy atom. The summed E-state index contributed by atoms with van der Waals surface area (Å²) in [6.45, 7) is 1.63. The van der Waals surface area contributed by atoms with E-state index in [-0.39, 0.29) is 0 Å². The van der Waals surface area contributed by atoms with Gasteiger partial charge in [0.1, 0.15) is 11.9 Å². The summed E-state index contributed by atoms with van der Waals surface area (Å²) in [6, 6.07) is 14.6. The van der Waals surface area contributed by atoms with E-state index in [4.69, 9.17) is 9.47 Å². The molecule has 2 nitrogen and oxygen atoms in total. The van der Waals surface area contributed by atoms with Crippen LogP contribution in [-0.4, -0.2) is 19.3 Å². The molecule has 1 aliphatic heterocycles. The fourth-order valence-electron chi connectivity index (χ4n) is 2.27. The second-order valence-corrected chi connectivity index (χ2v) is 4.41. The van der Waals surface area contributed by atoms with E-state index in [9.17, 15) is 0 Å². The maximum Gasteiger partial charge on any atom is 0.127 e. The molecule has 0 atom stereocenters. The van der Waals surface area contributed by atoms with E-state index in [1.807, 2.05) is 0 Å². The largest absolute Gasteiger partial charge is 0.490 e. The second kappa shape index (κ2) is 4.76. The lowest BCUT2D eigenvalue weighted by Gasteiger charge is -2.24. The standard InChI is InChI=1S/C15H16O2/c1-2-6-14-12(4-1)5-3-7-15(14)17-13-8-10-16-11-9-13/h1-7,13H,8-11H2. The Labute approximate surface area is 101 Å². The molecule has 2 aromatic carbocycles. The minimum Gasteiger partial charge on any atom is -0.490 e. The Balaban J connectivity index is 1.89. The molecule has 0 unspecified atom stereocenters. The number of rotatable bonds is 2. The highest BCUT2D eigenvalue weighted by Gasteiger charge is 2.15. The summed E-state index contributed by atoms with van der Waals surface area (Å²) in [5.41, 5.74) is 0. The van der Waals surface area contributed by atoms with Crippen molar-refractivity contribution in [3.63, 3.8) is 0 Å². The fourth-order valence-corrected chi connectivity index (χ4v) is 2.27. The SMILES string of the molecule is c1ccc2c(OC3CCOCC3)cccc2c1. The molecule has 0 spiro atoms. The van der Waals surface area contributed by atoms with Gasteiger partial charge in [-0.05, 0) is 11.5 Å². The predicted molar refractivity (Wildman–Crippen MR) is 68.4 cm³/mol. The Kier molecular flexibility index (Phi) is 2.97. The summed E-state index contributed by atoms with van der Waals surface area (Å²) >= 11 is 0. The van der Waals surface area contributed by atoms with Crippen molar-refractivity contribution in [2.24, 2.45) is 0 Å². The molecule has 2 heteroatoms. The second-order valence-electron chi connectivity index (χ2n) is 4.41. The molecule has 1 saturated heterocycles. The third-order valence-corrected chi connectivity index (χ3v) is 3.21. The first-order valence-electron chi connectivity index (χ1n) is 6.16. The van der Waals surface area contributed by atoms with Crippen LogP contribution in [0.4, 0.5) is 0 Å². The lowest BCUT2D eigenvalue weighted by molar-refractivity contribution is 0.0262. The van der Waals surface area contributed by atoms with Crippen molar-refractivity contribution in [3.8, 4) is 5.75 Å². The van der Waals surface area contributed by atoms with Gasteiger partial charge in [-0.3, -0.25) is 0 Å². The first-order valence-corrected chi connectivity index (χ1v) is 6.16. The summed E-state index contributed by atoms with van der Waals surface area (Å²) in [7, 11) is 0. The third-order valence-electron chi connectivity index (χ3n) is 3.21. The summed E-state index contributed by atoms with van der Waals surface area (Å²) in [5.74, 6) is 0.995. The van der Waals surface area contributed by atoms with Gasteiger partial charge in [-0.1, -0.05) is 36.4 Å². The van der Waals surface area contributed by atoms with E-state index in [1.165, 1.54) is 10.8 Å². The lowest BCUT2D eigenvalue weighted by atomic mass is 10.1. The van der Waals surface area contributed by atoms with Gasteiger partial charge in [0.2, 0.25) is 0 Å². The molecule has 0 radical (unpaired) electrons. The average Bonchev–Trinajstić information content (AvgIpc) is 2.40. The molecular weight excluding hydrogens is 212 g/mol. The summed E-state index contributed by atoms with van der Waals surface area (Å²) in [4.78, 5) is 0. The molecule has 88 valence electrons. The highest BCUT2D eigenvalue weighted by atomic mass is 16.5. The topological polar surface area (TPSA) is 18.5 Å². The number of benzene rings is 2. The van der Waals surface area contributed by atoms with Gasteiger partial charge in [-0.2, -0.15) is 0 Å². The molecule has 1 aliphatic rings. The zero-order chi connectivity index (χ0) is 11.5. The van der Waals surface area contributed by atoms with Gasteiger partial charge in [0, 0.05) is 18.2 Å². The molecule has 0 amide bonds. The molecule has 0 saturated carbocycles. The van der Waals surface area contributed by atoms with Gasteiger partial charge in [-0.15, -0.1) is 0 Å². The molecule has 3 rings (SSSR count). The number of ether oxygens (including phenoxy) is 2. The quantitative estimate of drug-likeness (QED) is 0.784. The monoisotopic (exact) mass is 228 g/mol. The van der Waals surface area contributed by atoms with E-state index in [0.29, 0.717) is 6.10 Å². The molecular formula is C15H16O2. The Hall–Kier alpha value is -1.54. The van der Waals surface area contributed by atoms with Crippen molar-refractivity contribution in [2.45, 2.75) is 18.9 Å². The van der Waals surface area contributed by atoms with Gasteiger partial charge in [0.25, 0.3) is 0 Å². The van der Waals surface area contributed by atoms with Crippen LogP contribution < -0.4 is 4.74 Å². The molecule has 1 heterocycles. The average molecular weight is 228 g/mol. The Morgan fingerprint density at radius 3 is 2.59 bits per heavy atom. The fraction of sp³-hybridized carbons (Fsp3) is 0.333. The van der Waals surface area contributed by atoms with Gasteiger partial charge >= 0.3 is 0 Å². The number of hydrogen-bond donors (Lipinski definition) is 0. The van der Waals surface area contributed by atoms with Crippen LogP contribution in [0.2, 0.25) is 0 Å². The molecule has 0 aliphatic carbocycles. The van der Waals surface area contributed by atoms with Crippen molar-refractivity contribution in [3.05, 3.63) is 42.5 Å². The Morgan fingerprint density at radius 1 is 0.941 bits per heavy atom. The highest BCUT2D eigenvalue weighted by molar-refractivity contribution is 5.88. The van der Waals surface area contributed by atoms with Crippen molar-refractivity contribution in [1.29, 1.82) is 0 Å². The van der Waals surface area contributed by atoms with Crippen LogP contribution in [0.5, 0.6) is 5.75 Å². The lowest BCUT2D eigenvalue weighted by Crippen LogP contribution is -2.25. The summed E-state index contributed by atoms with van der Waals surface area (Å²) in [6.07, 6.45) is 2.28. The van der Waals surface area contributed by atoms with Gasteiger partial charge < -0.3 is 9.47 Å². The van der Waals surface area contributed by atoms with Crippen LogP contribution >= 0.6 is 0 Å². The molecule has 1 fully saturated rings. The van der Waals surface area contributed by atoms with E-state index in [0.717, 1.165) is 31.8 Å². The van der Waals surface area contributed by atoms with Crippen LogP contribution in [0.3, 0.4) is 0 Å². The van der Waals surface area contributed by atoms with Crippen LogP contribution in [0.15, 0.2) is 42.5 Å². The third kappa shape index (κ3) is 2.27. The van der Waals surface area contributed by atoms with E-state index in [2.05, 4.69) is 42.5 Å². The van der Waals surface area contributed by atoms with Crippen molar-refractivity contribution >= 4 is 10.8 Å².